The van der Waals surface area contributed by atoms with Gasteiger partial charge < -0.3 is 11.1 Å². The number of nitrogens with two attached hydrogens (primary N) is 1. The van der Waals surface area contributed by atoms with Gasteiger partial charge in [0.15, 0.2) is 5.65 Å². The van der Waals surface area contributed by atoms with E-state index in [9.17, 15) is 4.79 Å². The van der Waals surface area contributed by atoms with Crippen LogP contribution in [0.5, 0.6) is 0 Å². The molecule has 0 aliphatic carbocycles. The van der Waals surface area contributed by atoms with E-state index in [2.05, 4.69) is 43.3 Å². The van der Waals surface area contributed by atoms with Gasteiger partial charge in [0.05, 0.1) is 17.2 Å². The fourth-order valence-corrected chi connectivity index (χ4v) is 3.90. The van der Waals surface area contributed by atoms with Gasteiger partial charge in [-0.3, -0.25) is 4.79 Å². The second-order valence-corrected chi connectivity index (χ2v) is 9.39. The molecular formula is C28H26N6O. The van der Waals surface area contributed by atoms with E-state index in [0.29, 0.717) is 27.9 Å². The Morgan fingerprint density at radius 2 is 1.54 bits per heavy atom. The monoisotopic (exact) mass is 462 g/mol. The average molecular weight is 463 g/mol. The van der Waals surface area contributed by atoms with E-state index in [1.165, 1.54) is 10.2 Å². The molecule has 0 saturated heterocycles. The van der Waals surface area contributed by atoms with Gasteiger partial charge in [-0.15, -0.1) is 0 Å². The predicted octanol–water partition coefficient (Wildman–Crippen LogP) is 5.60. The van der Waals surface area contributed by atoms with E-state index in [4.69, 9.17) is 15.7 Å². The molecule has 0 saturated carbocycles. The molecule has 0 unspecified atom stereocenters. The minimum atomic E-state index is -0.369. The van der Waals surface area contributed by atoms with Crippen molar-refractivity contribution in [2.24, 2.45) is 5.10 Å². The molecule has 3 N–H and O–H groups in total. The van der Waals surface area contributed by atoms with Gasteiger partial charge in [-0.1, -0.05) is 75.4 Å². The van der Waals surface area contributed by atoms with Crippen molar-refractivity contribution >= 4 is 45.8 Å². The van der Waals surface area contributed by atoms with Crippen LogP contribution in [-0.4, -0.2) is 26.8 Å². The fourth-order valence-electron chi connectivity index (χ4n) is 3.90. The van der Waals surface area contributed by atoms with Crippen LogP contribution in [0.25, 0.3) is 22.2 Å². The number of rotatable bonds is 4. The number of carbonyl (C=O) groups is 1. The van der Waals surface area contributed by atoms with Gasteiger partial charge in [0, 0.05) is 5.69 Å². The molecule has 7 heteroatoms. The Kier molecular flexibility index (Phi) is 5.53. The van der Waals surface area contributed by atoms with Crippen LogP contribution in [0.2, 0.25) is 0 Å². The smallest absolute Gasteiger partial charge is 0.261 e. The molecule has 3 aromatic carbocycles. The molecule has 0 aliphatic heterocycles. The third kappa shape index (κ3) is 4.36. The molecule has 0 bridgehead atoms. The first-order valence-electron chi connectivity index (χ1n) is 11.4. The summed E-state index contributed by atoms with van der Waals surface area (Å²) in [5, 5.41) is 7.49. The molecule has 2 aromatic heterocycles. The van der Waals surface area contributed by atoms with Crippen molar-refractivity contribution in [2.75, 3.05) is 11.1 Å². The molecule has 35 heavy (non-hydrogen) atoms. The fraction of sp³-hybridized carbons (Fsp3) is 0.143. The number of para-hydroxylation sites is 3. The third-order valence-electron chi connectivity index (χ3n) is 5.83. The summed E-state index contributed by atoms with van der Waals surface area (Å²) in [4.78, 5) is 22.7. The molecule has 1 amide bonds. The van der Waals surface area contributed by atoms with Gasteiger partial charge in [0.2, 0.25) is 0 Å². The van der Waals surface area contributed by atoms with E-state index in [0.717, 1.165) is 5.56 Å². The highest BCUT2D eigenvalue weighted by atomic mass is 16.1. The minimum absolute atomic E-state index is 0.0639. The van der Waals surface area contributed by atoms with Crippen LogP contribution >= 0.6 is 0 Å². The molecule has 0 fully saturated rings. The first kappa shape index (κ1) is 22.3. The number of fused-ring (bicyclic) bond motifs is 2. The summed E-state index contributed by atoms with van der Waals surface area (Å²) in [5.74, 6) is -0.196. The van der Waals surface area contributed by atoms with Crippen LogP contribution in [0.15, 0.2) is 84.0 Å². The van der Waals surface area contributed by atoms with Crippen molar-refractivity contribution in [3.05, 3.63) is 95.6 Å². The van der Waals surface area contributed by atoms with Crippen molar-refractivity contribution in [1.29, 1.82) is 0 Å². The van der Waals surface area contributed by atoms with E-state index in [1.807, 2.05) is 66.7 Å². The molecule has 0 aliphatic rings. The van der Waals surface area contributed by atoms with Crippen molar-refractivity contribution in [3.8, 4) is 0 Å². The van der Waals surface area contributed by atoms with Gasteiger partial charge in [-0.25, -0.2) is 9.97 Å². The quantitative estimate of drug-likeness (QED) is 0.340. The topological polar surface area (TPSA) is 98.2 Å². The van der Waals surface area contributed by atoms with E-state index in [-0.39, 0.29) is 22.7 Å². The second-order valence-electron chi connectivity index (χ2n) is 9.39. The zero-order chi connectivity index (χ0) is 24.6. The van der Waals surface area contributed by atoms with Crippen molar-refractivity contribution < 1.29 is 4.79 Å². The lowest BCUT2D eigenvalue weighted by atomic mass is 9.87. The molecule has 174 valence electrons. The van der Waals surface area contributed by atoms with Gasteiger partial charge >= 0.3 is 0 Å². The van der Waals surface area contributed by atoms with Crippen molar-refractivity contribution in [2.45, 2.75) is 26.2 Å². The van der Waals surface area contributed by atoms with Gasteiger partial charge in [0.1, 0.15) is 16.9 Å². The number of hydrogen-bond donors (Lipinski definition) is 2. The molecule has 0 spiro atoms. The Balaban J connectivity index is 1.61. The van der Waals surface area contributed by atoms with Gasteiger partial charge in [-0.2, -0.15) is 9.78 Å². The average Bonchev–Trinajstić information content (AvgIpc) is 3.11. The third-order valence-corrected chi connectivity index (χ3v) is 5.83. The molecule has 0 radical (unpaired) electrons. The Labute approximate surface area is 203 Å². The first-order valence-corrected chi connectivity index (χ1v) is 11.4. The Morgan fingerprint density at radius 1 is 0.914 bits per heavy atom. The largest absolute Gasteiger partial charge is 0.383 e. The molecule has 5 rings (SSSR count). The number of hydrogen-bond acceptors (Lipinski definition) is 5. The second kappa shape index (κ2) is 8.68. The zero-order valence-electron chi connectivity index (χ0n) is 19.9. The van der Waals surface area contributed by atoms with E-state index < -0.39 is 0 Å². The summed E-state index contributed by atoms with van der Waals surface area (Å²) in [6.07, 6.45) is 1.71. The SMILES string of the molecule is CC(C)(C)c1ccc(/C=N\n2c(N)c(C(=O)Nc3ccccc3)c3nc4ccccc4nc32)cc1. The maximum Gasteiger partial charge on any atom is 0.261 e. The normalized spacial score (nSPS) is 12.0. The van der Waals surface area contributed by atoms with Crippen LogP contribution in [0.4, 0.5) is 11.5 Å². The number of carbonyl (C=O) groups excluding carboxylic acids is 1. The number of anilines is 2. The molecule has 0 atom stereocenters. The Morgan fingerprint density at radius 3 is 2.20 bits per heavy atom. The Hall–Kier alpha value is -4.52. The van der Waals surface area contributed by atoms with E-state index in [1.54, 1.807) is 6.21 Å². The number of benzene rings is 3. The summed E-state index contributed by atoms with van der Waals surface area (Å²) in [5.41, 5.74) is 11.8. The summed E-state index contributed by atoms with van der Waals surface area (Å²) in [6, 6.07) is 24.9. The standard InChI is InChI=1S/C28H26N6O/c1-28(2,3)19-15-13-18(14-16-19)17-30-34-25(29)23(27(35)31-20-9-5-4-6-10-20)24-26(34)33-22-12-8-7-11-21(22)32-24/h4-17H,29H2,1-3H3,(H,31,35)/b30-17-. The summed E-state index contributed by atoms with van der Waals surface area (Å²) in [6.45, 7) is 6.52. The summed E-state index contributed by atoms with van der Waals surface area (Å²) >= 11 is 0. The van der Waals surface area contributed by atoms with Crippen LogP contribution in [0.1, 0.15) is 42.3 Å². The maximum atomic E-state index is 13.3. The number of nitrogens with one attached hydrogen (secondary N) is 1. The van der Waals surface area contributed by atoms with Crippen LogP contribution in [0, 0.1) is 0 Å². The zero-order valence-corrected chi connectivity index (χ0v) is 19.9. The van der Waals surface area contributed by atoms with Crippen LogP contribution in [0.3, 0.4) is 0 Å². The molecular weight excluding hydrogens is 436 g/mol. The number of nitrogen functional groups attached to an aromatic ring is 1. The van der Waals surface area contributed by atoms with Crippen molar-refractivity contribution in [1.82, 2.24) is 14.6 Å². The highest BCUT2D eigenvalue weighted by Crippen LogP contribution is 2.29. The first-order chi connectivity index (χ1) is 16.8. The minimum Gasteiger partial charge on any atom is -0.383 e. The highest BCUT2D eigenvalue weighted by Gasteiger charge is 2.24. The predicted molar refractivity (Wildman–Crippen MR) is 142 cm³/mol. The maximum absolute atomic E-state index is 13.3. The molecule has 5 aromatic rings. The molecule has 7 nitrogen and oxygen atoms in total. The lowest BCUT2D eigenvalue weighted by Gasteiger charge is -2.18. The lowest BCUT2D eigenvalue weighted by molar-refractivity contribution is 0.102. The highest BCUT2D eigenvalue weighted by molar-refractivity contribution is 6.16. The van der Waals surface area contributed by atoms with Gasteiger partial charge in [-0.05, 0) is 40.8 Å². The van der Waals surface area contributed by atoms with Crippen LogP contribution < -0.4 is 11.1 Å². The number of amides is 1. The number of aromatic nitrogens is 3. The molecule has 2 heterocycles. The van der Waals surface area contributed by atoms with E-state index >= 15 is 0 Å². The lowest BCUT2D eigenvalue weighted by Crippen LogP contribution is -2.14. The summed E-state index contributed by atoms with van der Waals surface area (Å²) in [7, 11) is 0. The van der Waals surface area contributed by atoms with Crippen LogP contribution in [-0.2, 0) is 5.41 Å². The Bertz CT molecular complexity index is 1560. The number of nitrogens with zero attached hydrogens (tertiary/aromatic N) is 4. The van der Waals surface area contributed by atoms with Gasteiger partial charge in [0.25, 0.3) is 5.91 Å². The van der Waals surface area contributed by atoms with Crippen molar-refractivity contribution in [3.63, 3.8) is 0 Å². The summed E-state index contributed by atoms with van der Waals surface area (Å²) < 4.78 is 1.48.